The molecule has 0 bridgehead atoms. The third kappa shape index (κ3) is 6.81. The van der Waals surface area contributed by atoms with Crippen LogP contribution in [0.5, 0.6) is 0 Å². The Hall–Kier alpha value is -0.580. The molecule has 0 saturated heterocycles. The van der Waals surface area contributed by atoms with Gasteiger partial charge in [0.15, 0.2) is 0 Å². The molecule has 0 atom stereocenters. The van der Waals surface area contributed by atoms with E-state index in [1.807, 2.05) is 0 Å². The van der Waals surface area contributed by atoms with E-state index in [1.54, 1.807) is 0 Å². The van der Waals surface area contributed by atoms with Crippen molar-refractivity contribution in [2.75, 3.05) is 45.2 Å². The molecule has 0 unspecified atom stereocenters. The smallest absolute Gasteiger partial charge is 0.0510 e. The number of hydrogen-bond donors (Lipinski definition) is 1. The van der Waals surface area contributed by atoms with Crippen molar-refractivity contribution in [2.45, 2.75) is 33.2 Å². The molecule has 0 spiro atoms. The van der Waals surface area contributed by atoms with Crippen LogP contribution >= 0.6 is 15.9 Å². The molecule has 1 rings (SSSR count). The molecule has 0 radical (unpaired) electrons. The Labute approximate surface area is 138 Å². The number of nitrogens with zero attached hydrogens (tertiary/aromatic N) is 2. The maximum Gasteiger partial charge on any atom is 0.0510 e. The summed E-state index contributed by atoms with van der Waals surface area (Å²) in [6.07, 6.45) is 2.36. The molecule has 0 amide bonds. The largest absolute Gasteiger partial charge is 0.371 e. The SMILES string of the molecule is CCCNCc1ccc(N(CC)CCCN(C)C)c(Br)c1. The fourth-order valence-corrected chi connectivity index (χ4v) is 3.03. The fraction of sp³-hybridized carbons (Fsp3) is 0.647. The van der Waals surface area contributed by atoms with Crippen LogP contribution in [0.1, 0.15) is 32.3 Å². The minimum absolute atomic E-state index is 0.944. The summed E-state index contributed by atoms with van der Waals surface area (Å²) in [7, 11) is 4.26. The molecule has 3 nitrogen and oxygen atoms in total. The van der Waals surface area contributed by atoms with E-state index in [2.05, 4.69) is 77.2 Å². The van der Waals surface area contributed by atoms with E-state index >= 15 is 0 Å². The van der Waals surface area contributed by atoms with Crippen molar-refractivity contribution >= 4 is 21.6 Å². The number of benzene rings is 1. The van der Waals surface area contributed by atoms with Gasteiger partial charge in [-0.05, 0) is 80.6 Å². The van der Waals surface area contributed by atoms with Crippen LogP contribution in [-0.4, -0.2) is 45.2 Å². The minimum Gasteiger partial charge on any atom is -0.371 e. The molecule has 4 heteroatoms. The maximum atomic E-state index is 3.74. The molecule has 120 valence electrons. The average Bonchev–Trinajstić information content (AvgIpc) is 2.44. The molecular weight excluding hydrogens is 326 g/mol. The second-order valence-electron chi connectivity index (χ2n) is 5.70. The van der Waals surface area contributed by atoms with Gasteiger partial charge < -0.3 is 15.1 Å². The standard InChI is InChI=1S/C17H30BrN3/c1-5-10-19-14-15-8-9-17(16(18)13-15)21(6-2)12-7-11-20(3)4/h8-9,13,19H,5-7,10-12,14H2,1-4H3. The molecule has 1 aromatic rings. The molecular formula is C17H30BrN3. The highest BCUT2D eigenvalue weighted by molar-refractivity contribution is 9.10. The number of rotatable bonds is 10. The van der Waals surface area contributed by atoms with E-state index in [0.717, 1.165) is 32.7 Å². The van der Waals surface area contributed by atoms with Crippen LogP contribution in [0.3, 0.4) is 0 Å². The summed E-state index contributed by atoms with van der Waals surface area (Å²) < 4.78 is 1.20. The molecule has 1 N–H and O–H groups in total. The van der Waals surface area contributed by atoms with Crippen molar-refractivity contribution in [3.63, 3.8) is 0 Å². The van der Waals surface area contributed by atoms with Gasteiger partial charge in [-0.15, -0.1) is 0 Å². The normalized spacial score (nSPS) is 11.1. The highest BCUT2D eigenvalue weighted by Gasteiger charge is 2.09. The summed E-state index contributed by atoms with van der Waals surface area (Å²) in [6, 6.07) is 6.72. The lowest BCUT2D eigenvalue weighted by molar-refractivity contribution is 0.400. The van der Waals surface area contributed by atoms with Crippen molar-refractivity contribution in [1.29, 1.82) is 0 Å². The van der Waals surface area contributed by atoms with Crippen LogP contribution in [-0.2, 0) is 6.54 Å². The van der Waals surface area contributed by atoms with Crippen LogP contribution < -0.4 is 10.2 Å². The number of halogens is 1. The zero-order valence-corrected chi connectivity index (χ0v) is 15.5. The Kier molecular flexibility index (Phi) is 8.97. The quantitative estimate of drug-likeness (QED) is 0.645. The van der Waals surface area contributed by atoms with Crippen LogP contribution in [0.15, 0.2) is 22.7 Å². The Morgan fingerprint density at radius 2 is 1.90 bits per heavy atom. The summed E-state index contributed by atoms with van der Waals surface area (Å²) in [4.78, 5) is 4.68. The lowest BCUT2D eigenvalue weighted by Gasteiger charge is -2.25. The number of nitrogens with one attached hydrogen (secondary N) is 1. The van der Waals surface area contributed by atoms with Gasteiger partial charge in [0.2, 0.25) is 0 Å². The van der Waals surface area contributed by atoms with E-state index in [9.17, 15) is 0 Å². The predicted octanol–water partition coefficient (Wildman–Crippen LogP) is 3.73. The van der Waals surface area contributed by atoms with Gasteiger partial charge in [-0.2, -0.15) is 0 Å². The van der Waals surface area contributed by atoms with Crippen molar-refractivity contribution in [3.8, 4) is 0 Å². The van der Waals surface area contributed by atoms with Crippen LogP contribution in [0.25, 0.3) is 0 Å². The first-order valence-electron chi connectivity index (χ1n) is 7.97. The summed E-state index contributed by atoms with van der Waals surface area (Å²) in [6.45, 7) is 9.70. The minimum atomic E-state index is 0.944. The summed E-state index contributed by atoms with van der Waals surface area (Å²) in [5.41, 5.74) is 2.64. The van der Waals surface area contributed by atoms with Gasteiger partial charge in [0.25, 0.3) is 0 Å². The van der Waals surface area contributed by atoms with Crippen molar-refractivity contribution in [3.05, 3.63) is 28.2 Å². The van der Waals surface area contributed by atoms with Gasteiger partial charge in [0.05, 0.1) is 5.69 Å². The zero-order valence-electron chi connectivity index (χ0n) is 14.0. The molecule has 0 saturated carbocycles. The highest BCUT2D eigenvalue weighted by atomic mass is 79.9. The lowest BCUT2D eigenvalue weighted by Crippen LogP contribution is -2.27. The molecule has 0 heterocycles. The Morgan fingerprint density at radius 1 is 1.14 bits per heavy atom. The lowest BCUT2D eigenvalue weighted by atomic mass is 10.2. The first kappa shape index (κ1) is 18.5. The van der Waals surface area contributed by atoms with Gasteiger partial charge in [-0.1, -0.05) is 13.0 Å². The summed E-state index contributed by atoms with van der Waals surface area (Å²) in [5, 5.41) is 3.45. The highest BCUT2D eigenvalue weighted by Crippen LogP contribution is 2.27. The van der Waals surface area contributed by atoms with Crippen LogP contribution in [0.2, 0.25) is 0 Å². The van der Waals surface area contributed by atoms with Crippen LogP contribution in [0.4, 0.5) is 5.69 Å². The van der Waals surface area contributed by atoms with Crippen molar-refractivity contribution in [1.82, 2.24) is 10.2 Å². The Bertz CT molecular complexity index is 407. The molecule has 0 aliphatic carbocycles. The molecule has 0 aliphatic heterocycles. The van der Waals surface area contributed by atoms with E-state index in [0.29, 0.717) is 0 Å². The summed E-state index contributed by atoms with van der Waals surface area (Å²) >= 11 is 3.74. The maximum absolute atomic E-state index is 3.74. The second kappa shape index (κ2) is 10.2. The number of anilines is 1. The monoisotopic (exact) mass is 355 g/mol. The van der Waals surface area contributed by atoms with Gasteiger partial charge in [-0.25, -0.2) is 0 Å². The van der Waals surface area contributed by atoms with Gasteiger partial charge in [0, 0.05) is 24.1 Å². The van der Waals surface area contributed by atoms with Crippen LogP contribution in [0, 0.1) is 0 Å². The van der Waals surface area contributed by atoms with E-state index in [-0.39, 0.29) is 0 Å². The Balaban J connectivity index is 2.63. The van der Waals surface area contributed by atoms with Gasteiger partial charge in [-0.3, -0.25) is 0 Å². The second-order valence-corrected chi connectivity index (χ2v) is 6.55. The average molecular weight is 356 g/mol. The first-order chi connectivity index (χ1) is 10.1. The third-order valence-corrected chi connectivity index (χ3v) is 4.16. The number of hydrogen-bond acceptors (Lipinski definition) is 3. The van der Waals surface area contributed by atoms with E-state index in [4.69, 9.17) is 0 Å². The molecule has 0 aromatic heterocycles. The van der Waals surface area contributed by atoms with Gasteiger partial charge in [0.1, 0.15) is 0 Å². The zero-order chi connectivity index (χ0) is 15.7. The topological polar surface area (TPSA) is 18.5 Å². The first-order valence-corrected chi connectivity index (χ1v) is 8.76. The Morgan fingerprint density at radius 3 is 2.48 bits per heavy atom. The predicted molar refractivity (Wildman–Crippen MR) is 97.2 cm³/mol. The molecule has 0 aliphatic rings. The third-order valence-electron chi connectivity index (χ3n) is 3.52. The molecule has 1 aromatic carbocycles. The van der Waals surface area contributed by atoms with E-state index in [1.165, 1.54) is 28.6 Å². The van der Waals surface area contributed by atoms with Gasteiger partial charge >= 0.3 is 0 Å². The molecule has 0 fully saturated rings. The fourth-order valence-electron chi connectivity index (χ4n) is 2.35. The van der Waals surface area contributed by atoms with E-state index < -0.39 is 0 Å². The van der Waals surface area contributed by atoms with Crippen molar-refractivity contribution in [2.24, 2.45) is 0 Å². The molecule has 21 heavy (non-hydrogen) atoms. The summed E-state index contributed by atoms with van der Waals surface area (Å²) in [5.74, 6) is 0. The van der Waals surface area contributed by atoms with Crippen molar-refractivity contribution < 1.29 is 0 Å².